The minimum absolute atomic E-state index is 0. The van der Waals surface area contributed by atoms with Crippen LogP contribution < -0.4 is 10.6 Å². The van der Waals surface area contributed by atoms with E-state index in [1.807, 2.05) is 0 Å². The van der Waals surface area contributed by atoms with Crippen molar-refractivity contribution in [3.05, 3.63) is 0 Å². The number of halogens is 1. The number of carbonyl (C=O) groups is 2. The molecule has 4 atom stereocenters. The summed E-state index contributed by atoms with van der Waals surface area (Å²) in [4.78, 5) is 26.9. The SMILES string of the molecule is CC1CCCC(CC(=O)N2CCCC(CNC(=O)C3CCCN3)C2)C1.Cl. The van der Waals surface area contributed by atoms with Gasteiger partial charge in [0.05, 0.1) is 6.04 Å². The van der Waals surface area contributed by atoms with Crippen LogP contribution in [0.5, 0.6) is 0 Å². The molecule has 5 nitrogen and oxygen atoms in total. The van der Waals surface area contributed by atoms with Crippen LogP contribution in [-0.4, -0.2) is 48.9 Å². The molecule has 2 heterocycles. The number of amides is 2. The molecule has 3 aliphatic rings. The van der Waals surface area contributed by atoms with Gasteiger partial charge in [0, 0.05) is 26.1 Å². The summed E-state index contributed by atoms with van der Waals surface area (Å²) in [5.41, 5.74) is 0. The van der Waals surface area contributed by atoms with Crippen LogP contribution in [0, 0.1) is 17.8 Å². The maximum atomic E-state index is 12.7. The number of carbonyl (C=O) groups excluding carboxylic acids is 2. The van der Waals surface area contributed by atoms with Crippen molar-refractivity contribution in [3.63, 3.8) is 0 Å². The molecule has 2 amide bonds. The molecule has 2 aliphatic heterocycles. The van der Waals surface area contributed by atoms with Crippen molar-refractivity contribution in [2.75, 3.05) is 26.2 Å². The highest BCUT2D eigenvalue weighted by atomic mass is 35.5. The third kappa shape index (κ3) is 6.12. The first-order valence-corrected chi connectivity index (χ1v) is 10.4. The Morgan fingerprint density at radius 1 is 1.08 bits per heavy atom. The molecule has 4 unspecified atom stereocenters. The van der Waals surface area contributed by atoms with Crippen molar-refractivity contribution in [1.29, 1.82) is 0 Å². The van der Waals surface area contributed by atoms with Gasteiger partial charge in [-0.2, -0.15) is 0 Å². The van der Waals surface area contributed by atoms with E-state index < -0.39 is 0 Å². The molecule has 3 fully saturated rings. The summed E-state index contributed by atoms with van der Waals surface area (Å²) in [5, 5.41) is 6.35. The van der Waals surface area contributed by atoms with E-state index in [2.05, 4.69) is 22.5 Å². The zero-order valence-corrected chi connectivity index (χ0v) is 17.0. The Morgan fingerprint density at radius 2 is 1.88 bits per heavy atom. The minimum Gasteiger partial charge on any atom is -0.354 e. The Balaban J connectivity index is 0.00000243. The topological polar surface area (TPSA) is 61.4 Å². The zero-order chi connectivity index (χ0) is 17.6. The summed E-state index contributed by atoms with van der Waals surface area (Å²) >= 11 is 0. The Kier molecular flexibility index (Phi) is 8.68. The van der Waals surface area contributed by atoms with E-state index in [1.165, 1.54) is 25.7 Å². The summed E-state index contributed by atoms with van der Waals surface area (Å²) < 4.78 is 0. The zero-order valence-electron chi connectivity index (χ0n) is 16.2. The Morgan fingerprint density at radius 3 is 2.62 bits per heavy atom. The Hall–Kier alpha value is -0.810. The normalized spacial score (nSPS) is 32.0. The average molecular weight is 386 g/mol. The third-order valence-corrected chi connectivity index (χ3v) is 6.32. The van der Waals surface area contributed by atoms with Crippen molar-refractivity contribution >= 4 is 24.2 Å². The second kappa shape index (κ2) is 10.5. The lowest BCUT2D eigenvalue weighted by Gasteiger charge is -2.35. The molecule has 0 radical (unpaired) electrons. The molecule has 0 bridgehead atoms. The predicted octanol–water partition coefficient (Wildman–Crippen LogP) is 2.73. The molecule has 0 aromatic carbocycles. The second-order valence-corrected chi connectivity index (χ2v) is 8.58. The fourth-order valence-corrected chi connectivity index (χ4v) is 4.86. The van der Waals surface area contributed by atoms with Crippen LogP contribution in [0.4, 0.5) is 0 Å². The first-order chi connectivity index (χ1) is 12.1. The molecule has 150 valence electrons. The van der Waals surface area contributed by atoms with Gasteiger partial charge in [-0.25, -0.2) is 0 Å². The van der Waals surface area contributed by atoms with Gasteiger partial charge in [-0.3, -0.25) is 9.59 Å². The fraction of sp³-hybridized carbons (Fsp3) is 0.900. The van der Waals surface area contributed by atoms with Gasteiger partial charge in [-0.15, -0.1) is 12.4 Å². The molecule has 6 heteroatoms. The maximum absolute atomic E-state index is 12.7. The summed E-state index contributed by atoms with van der Waals surface area (Å²) in [6, 6.07) is -0.00498. The molecule has 0 spiro atoms. The standard InChI is InChI=1S/C20H35N3O2.ClH/c1-15-5-2-6-16(11-15)12-19(24)23-10-4-7-17(14-23)13-22-20(25)18-8-3-9-21-18;/h15-18,21H,2-14H2,1H3,(H,22,25);1H. The molecule has 26 heavy (non-hydrogen) atoms. The van der Waals surface area contributed by atoms with Crippen LogP contribution >= 0.6 is 12.4 Å². The van der Waals surface area contributed by atoms with Crippen LogP contribution in [0.25, 0.3) is 0 Å². The van der Waals surface area contributed by atoms with Gasteiger partial charge < -0.3 is 15.5 Å². The molecular weight excluding hydrogens is 350 g/mol. The average Bonchev–Trinajstić information content (AvgIpc) is 3.15. The van der Waals surface area contributed by atoms with Crippen molar-refractivity contribution < 1.29 is 9.59 Å². The van der Waals surface area contributed by atoms with Crippen LogP contribution in [0.3, 0.4) is 0 Å². The van der Waals surface area contributed by atoms with E-state index in [4.69, 9.17) is 0 Å². The van der Waals surface area contributed by atoms with Gasteiger partial charge in [0.2, 0.25) is 11.8 Å². The highest BCUT2D eigenvalue weighted by Gasteiger charge is 2.28. The Labute approximate surface area is 164 Å². The van der Waals surface area contributed by atoms with E-state index in [0.29, 0.717) is 24.3 Å². The molecule has 3 rings (SSSR count). The van der Waals surface area contributed by atoms with E-state index in [9.17, 15) is 9.59 Å². The van der Waals surface area contributed by atoms with Crippen LogP contribution in [0.15, 0.2) is 0 Å². The summed E-state index contributed by atoms with van der Waals surface area (Å²) in [7, 11) is 0. The number of nitrogens with one attached hydrogen (secondary N) is 2. The van der Waals surface area contributed by atoms with Gasteiger partial charge >= 0.3 is 0 Å². The second-order valence-electron chi connectivity index (χ2n) is 8.58. The number of hydrogen-bond donors (Lipinski definition) is 2. The molecular formula is C20H36ClN3O2. The van der Waals surface area contributed by atoms with E-state index in [1.54, 1.807) is 0 Å². The van der Waals surface area contributed by atoms with Crippen LogP contribution in [0.1, 0.15) is 64.7 Å². The minimum atomic E-state index is -0.00498. The van der Waals surface area contributed by atoms with Gasteiger partial charge in [-0.1, -0.05) is 19.8 Å². The maximum Gasteiger partial charge on any atom is 0.237 e. The molecule has 2 saturated heterocycles. The third-order valence-electron chi connectivity index (χ3n) is 6.32. The fourth-order valence-electron chi connectivity index (χ4n) is 4.86. The first kappa shape index (κ1) is 21.5. The van der Waals surface area contributed by atoms with Gasteiger partial charge in [0.25, 0.3) is 0 Å². The Bertz CT molecular complexity index is 468. The number of piperidine rings is 1. The van der Waals surface area contributed by atoms with Crippen molar-refractivity contribution in [1.82, 2.24) is 15.5 Å². The lowest BCUT2D eigenvalue weighted by molar-refractivity contribution is -0.134. The summed E-state index contributed by atoms with van der Waals surface area (Å²) in [5.74, 6) is 2.25. The lowest BCUT2D eigenvalue weighted by atomic mass is 9.80. The number of hydrogen-bond acceptors (Lipinski definition) is 3. The highest BCUT2D eigenvalue weighted by Crippen LogP contribution is 2.31. The van der Waals surface area contributed by atoms with E-state index in [-0.39, 0.29) is 24.4 Å². The smallest absolute Gasteiger partial charge is 0.237 e. The van der Waals surface area contributed by atoms with Crippen molar-refractivity contribution in [3.8, 4) is 0 Å². The predicted molar refractivity (Wildman–Crippen MR) is 106 cm³/mol. The molecule has 2 N–H and O–H groups in total. The van der Waals surface area contributed by atoms with Crippen LogP contribution in [-0.2, 0) is 9.59 Å². The monoisotopic (exact) mass is 385 g/mol. The lowest BCUT2D eigenvalue weighted by Crippen LogP contribution is -2.47. The summed E-state index contributed by atoms with van der Waals surface area (Å²) in [6.45, 7) is 5.69. The molecule has 0 aromatic heterocycles. The van der Waals surface area contributed by atoms with Crippen LogP contribution in [0.2, 0.25) is 0 Å². The number of nitrogens with zero attached hydrogens (tertiary/aromatic N) is 1. The van der Waals surface area contributed by atoms with Gasteiger partial charge in [0.1, 0.15) is 0 Å². The molecule has 1 aliphatic carbocycles. The molecule has 0 aromatic rings. The number of likely N-dealkylation sites (tertiary alicyclic amines) is 1. The van der Waals surface area contributed by atoms with Crippen molar-refractivity contribution in [2.24, 2.45) is 17.8 Å². The van der Waals surface area contributed by atoms with Gasteiger partial charge in [0.15, 0.2) is 0 Å². The molecule has 1 saturated carbocycles. The largest absolute Gasteiger partial charge is 0.354 e. The quantitative estimate of drug-likeness (QED) is 0.764. The first-order valence-electron chi connectivity index (χ1n) is 10.4. The number of rotatable bonds is 5. The highest BCUT2D eigenvalue weighted by molar-refractivity contribution is 5.85. The van der Waals surface area contributed by atoms with Gasteiger partial charge in [-0.05, 0) is 62.8 Å². The summed E-state index contributed by atoms with van der Waals surface area (Å²) in [6.07, 6.45) is 9.98. The van der Waals surface area contributed by atoms with E-state index in [0.717, 1.165) is 57.7 Å². The van der Waals surface area contributed by atoms with E-state index >= 15 is 0 Å². The van der Waals surface area contributed by atoms with Crippen molar-refractivity contribution in [2.45, 2.75) is 70.8 Å².